The number of nitrogens with one attached hydrogen (secondary N) is 1. The molecule has 0 radical (unpaired) electrons. The summed E-state index contributed by atoms with van der Waals surface area (Å²) in [5.74, 6) is 0.570. The lowest BCUT2D eigenvalue weighted by Crippen LogP contribution is -2.22. The number of benzene rings is 1. The summed E-state index contributed by atoms with van der Waals surface area (Å²) in [7, 11) is 1.54. The van der Waals surface area contributed by atoms with Crippen molar-refractivity contribution in [1.29, 1.82) is 0 Å². The van der Waals surface area contributed by atoms with Crippen LogP contribution in [0.15, 0.2) is 18.2 Å². The van der Waals surface area contributed by atoms with Crippen molar-refractivity contribution >= 4 is 17.3 Å². The monoisotopic (exact) mass is 231 g/mol. The third kappa shape index (κ3) is 3.58. The SMILES string of the molecule is COc1cc(NCC(O)CO)ccc1Cl. The van der Waals surface area contributed by atoms with Gasteiger partial charge in [0.05, 0.1) is 24.8 Å². The highest BCUT2D eigenvalue weighted by Crippen LogP contribution is 2.27. The minimum absolute atomic E-state index is 0.266. The molecule has 1 aromatic rings. The number of halogens is 1. The summed E-state index contributed by atoms with van der Waals surface area (Å²) in [4.78, 5) is 0. The number of hydrogen-bond donors (Lipinski definition) is 3. The first kappa shape index (κ1) is 12.1. The molecule has 1 unspecified atom stereocenters. The number of anilines is 1. The van der Waals surface area contributed by atoms with Crippen molar-refractivity contribution in [2.75, 3.05) is 25.6 Å². The van der Waals surface area contributed by atoms with Crippen molar-refractivity contribution in [3.63, 3.8) is 0 Å². The van der Waals surface area contributed by atoms with E-state index in [9.17, 15) is 0 Å². The quantitative estimate of drug-likeness (QED) is 0.711. The molecule has 1 aromatic carbocycles. The number of methoxy groups -OCH3 is 1. The van der Waals surface area contributed by atoms with E-state index in [1.807, 2.05) is 0 Å². The van der Waals surface area contributed by atoms with Gasteiger partial charge in [0.2, 0.25) is 0 Å². The summed E-state index contributed by atoms with van der Waals surface area (Å²) in [6, 6.07) is 5.20. The van der Waals surface area contributed by atoms with Crippen molar-refractivity contribution in [2.45, 2.75) is 6.10 Å². The van der Waals surface area contributed by atoms with Crippen molar-refractivity contribution in [1.82, 2.24) is 0 Å². The van der Waals surface area contributed by atoms with Crippen LogP contribution in [-0.2, 0) is 0 Å². The number of hydrogen-bond acceptors (Lipinski definition) is 4. The van der Waals surface area contributed by atoms with Crippen LogP contribution < -0.4 is 10.1 Å². The predicted molar refractivity (Wildman–Crippen MR) is 59.6 cm³/mol. The molecule has 0 aromatic heterocycles. The highest BCUT2D eigenvalue weighted by atomic mass is 35.5. The lowest BCUT2D eigenvalue weighted by Gasteiger charge is -2.11. The molecule has 5 heteroatoms. The number of ether oxygens (including phenoxy) is 1. The molecule has 0 saturated heterocycles. The van der Waals surface area contributed by atoms with Gasteiger partial charge in [0, 0.05) is 18.3 Å². The largest absolute Gasteiger partial charge is 0.495 e. The van der Waals surface area contributed by atoms with Crippen LogP contribution in [0.25, 0.3) is 0 Å². The molecule has 0 saturated carbocycles. The van der Waals surface area contributed by atoms with E-state index in [1.165, 1.54) is 7.11 Å². The summed E-state index contributed by atoms with van der Waals surface area (Å²) in [6.45, 7) is 0.0129. The first-order valence-electron chi connectivity index (χ1n) is 4.53. The van der Waals surface area contributed by atoms with Gasteiger partial charge in [-0.15, -0.1) is 0 Å². The van der Waals surface area contributed by atoms with E-state index in [2.05, 4.69) is 5.32 Å². The molecule has 3 N–H and O–H groups in total. The van der Waals surface area contributed by atoms with Gasteiger partial charge in [-0.1, -0.05) is 11.6 Å². The van der Waals surface area contributed by atoms with Crippen LogP contribution in [-0.4, -0.2) is 36.6 Å². The highest BCUT2D eigenvalue weighted by molar-refractivity contribution is 6.32. The molecule has 1 atom stereocenters. The van der Waals surface area contributed by atoms with Gasteiger partial charge in [-0.2, -0.15) is 0 Å². The zero-order chi connectivity index (χ0) is 11.3. The van der Waals surface area contributed by atoms with E-state index in [-0.39, 0.29) is 13.2 Å². The Morgan fingerprint density at radius 3 is 2.87 bits per heavy atom. The Balaban J connectivity index is 2.62. The Labute approximate surface area is 93.4 Å². The Hall–Kier alpha value is -0.970. The van der Waals surface area contributed by atoms with Gasteiger partial charge in [-0.05, 0) is 12.1 Å². The Kier molecular flexibility index (Phi) is 4.68. The molecular formula is C10H14ClNO3. The second-order valence-corrected chi connectivity index (χ2v) is 3.47. The molecule has 0 amide bonds. The second kappa shape index (κ2) is 5.80. The van der Waals surface area contributed by atoms with E-state index in [0.29, 0.717) is 10.8 Å². The highest BCUT2D eigenvalue weighted by Gasteiger charge is 2.04. The van der Waals surface area contributed by atoms with Gasteiger partial charge in [0.25, 0.3) is 0 Å². The predicted octanol–water partition coefficient (Wildman–Crippen LogP) is 1.11. The van der Waals surface area contributed by atoms with Gasteiger partial charge in [0.15, 0.2) is 0 Å². The molecule has 84 valence electrons. The smallest absolute Gasteiger partial charge is 0.139 e. The molecule has 0 heterocycles. The zero-order valence-electron chi connectivity index (χ0n) is 8.40. The lowest BCUT2D eigenvalue weighted by molar-refractivity contribution is 0.105. The second-order valence-electron chi connectivity index (χ2n) is 3.07. The lowest BCUT2D eigenvalue weighted by atomic mass is 10.3. The van der Waals surface area contributed by atoms with Gasteiger partial charge < -0.3 is 20.3 Å². The van der Waals surface area contributed by atoms with Crippen LogP contribution in [0.5, 0.6) is 5.75 Å². The topological polar surface area (TPSA) is 61.7 Å². The molecule has 0 aliphatic rings. The van der Waals surface area contributed by atoms with Crippen molar-refractivity contribution in [2.24, 2.45) is 0 Å². The van der Waals surface area contributed by atoms with Gasteiger partial charge in [-0.3, -0.25) is 0 Å². The first-order valence-corrected chi connectivity index (χ1v) is 4.91. The fourth-order valence-electron chi connectivity index (χ4n) is 1.07. The molecule has 0 bridgehead atoms. The summed E-state index contributed by atoms with van der Waals surface area (Å²) in [6.07, 6.45) is -0.772. The standard InChI is InChI=1S/C10H14ClNO3/c1-15-10-4-7(2-3-9(10)11)12-5-8(14)6-13/h2-4,8,12-14H,5-6H2,1H3. The minimum Gasteiger partial charge on any atom is -0.495 e. The average Bonchev–Trinajstić information content (AvgIpc) is 2.27. The van der Waals surface area contributed by atoms with Crippen molar-refractivity contribution in [3.8, 4) is 5.75 Å². The number of rotatable bonds is 5. The normalized spacial score (nSPS) is 12.3. The summed E-state index contributed by atoms with van der Waals surface area (Å²) >= 11 is 5.84. The Morgan fingerprint density at radius 2 is 2.27 bits per heavy atom. The maximum Gasteiger partial charge on any atom is 0.139 e. The van der Waals surface area contributed by atoms with E-state index in [1.54, 1.807) is 18.2 Å². The third-order valence-corrected chi connectivity index (χ3v) is 2.22. The van der Waals surface area contributed by atoms with Crippen LogP contribution in [0.4, 0.5) is 5.69 Å². The summed E-state index contributed by atoms with van der Waals surface area (Å²) < 4.78 is 5.03. The summed E-state index contributed by atoms with van der Waals surface area (Å²) in [5, 5.41) is 21.2. The molecule has 0 fully saturated rings. The van der Waals surface area contributed by atoms with Gasteiger partial charge in [0.1, 0.15) is 5.75 Å². The Bertz CT molecular complexity index is 320. The molecule has 1 rings (SSSR count). The van der Waals surface area contributed by atoms with Crippen LogP contribution >= 0.6 is 11.6 Å². The Morgan fingerprint density at radius 1 is 1.53 bits per heavy atom. The van der Waals surface area contributed by atoms with Crippen molar-refractivity contribution in [3.05, 3.63) is 23.2 Å². The fraction of sp³-hybridized carbons (Fsp3) is 0.400. The van der Waals surface area contributed by atoms with E-state index in [4.69, 9.17) is 26.6 Å². The minimum atomic E-state index is -0.772. The third-order valence-electron chi connectivity index (χ3n) is 1.90. The van der Waals surface area contributed by atoms with Crippen LogP contribution in [0.3, 0.4) is 0 Å². The fourth-order valence-corrected chi connectivity index (χ4v) is 1.26. The van der Waals surface area contributed by atoms with Gasteiger partial charge in [-0.25, -0.2) is 0 Å². The average molecular weight is 232 g/mol. The molecule has 15 heavy (non-hydrogen) atoms. The molecule has 0 spiro atoms. The zero-order valence-corrected chi connectivity index (χ0v) is 9.16. The molecule has 0 aliphatic heterocycles. The molecular weight excluding hydrogens is 218 g/mol. The van der Waals surface area contributed by atoms with Gasteiger partial charge >= 0.3 is 0 Å². The summed E-state index contributed by atoms with van der Waals surface area (Å²) in [5.41, 5.74) is 0.781. The molecule has 4 nitrogen and oxygen atoms in total. The van der Waals surface area contributed by atoms with Crippen LogP contribution in [0.1, 0.15) is 0 Å². The number of aliphatic hydroxyl groups excluding tert-OH is 2. The van der Waals surface area contributed by atoms with Crippen molar-refractivity contribution < 1.29 is 14.9 Å². The first-order chi connectivity index (χ1) is 7.17. The van der Waals surface area contributed by atoms with Crippen LogP contribution in [0, 0.1) is 0 Å². The maximum absolute atomic E-state index is 9.13. The maximum atomic E-state index is 9.13. The van der Waals surface area contributed by atoms with E-state index < -0.39 is 6.10 Å². The van der Waals surface area contributed by atoms with E-state index in [0.717, 1.165) is 5.69 Å². The van der Waals surface area contributed by atoms with Crippen LogP contribution in [0.2, 0.25) is 5.02 Å². The number of aliphatic hydroxyl groups is 2. The molecule has 0 aliphatic carbocycles. The van der Waals surface area contributed by atoms with E-state index >= 15 is 0 Å².